The monoisotopic (exact) mass is 278 g/mol. The fraction of sp³-hybridized carbons (Fsp3) is 0. The lowest BCUT2D eigenvalue weighted by Crippen LogP contribution is -1.95. The van der Waals surface area contributed by atoms with Gasteiger partial charge in [0.05, 0.1) is 0 Å². The summed E-state index contributed by atoms with van der Waals surface area (Å²) in [6.45, 7) is 0. The Morgan fingerprint density at radius 1 is 1.50 bits per heavy atom. The van der Waals surface area contributed by atoms with Gasteiger partial charge in [0.2, 0.25) is 11.9 Å². The van der Waals surface area contributed by atoms with Crippen molar-refractivity contribution in [3.63, 3.8) is 0 Å². The molecule has 4 nitrogen and oxygen atoms in total. The summed E-state index contributed by atoms with van der Waals surface area (Å²) in [7, 11) is 0. The highest BCUT2D eigenvalue weighted by molar-refractivity contribution is 14.1. The minimum Gasteiger partial charge on any atom is -0.366 e. The zero-order valence-electron chi connectivity index (χ0n) is 5.83. The zero-order chi connectivity index (χ0) is 8.72. The number of anilines is 1. The number of aromatic nitrogens is 3. The normalized spacial score (nSPS) is 10.8. The summed E-state index contributed by atoms with van der Waals surface area (Å²) in [5, 5.41) is 3.66. The first-order valence-corrected chi connectivity index (χ1v) is 4.22. The van der Waals surface area contributed by atoms with Gasteiger partial charge in [0, 0.05) is 9.64 Å². The fourth-order valence-corrected chi connectivity index (χ4v) is 1.47. The second-order valence-corrected chi connectivity index (χ2v) is 3.48. The average Bonchev–Trinajstić information content (AvgIpc) is 2.29. The van der Waals surface area contributed by atoms with E-state index in [1.54, 1.807) is 6.07 Å². The summed E-state index contributed by atoms with van der Waals surface area (Å²) in [4.78, 5) is 3.82. The highest BCUT2D eigenvalue weighted by Crippen LogP contribution is 2.11. The number of rotatable bonds is 0. The van der Waals surface area contributed by atoms with Gasteiger partial charge in [-0.2, -0.15) is 13.9 Å². The number of hydrogen-bond donors (Lipinski definition) is 1. The van der Waals surface area contributed by atoms with Crippen LogP contribution in [0.1, 0.15) is 0 Å². The van der Waals surface area contributed by atoms with Gasteiger partial charge in [-0.25, -0.2) is 0 Å². The molecule has 2 N–H and O–H groups in total. The second kappa shape index (κ2) is 2.54. The van der Waals surface area contributed by atoms with Crippen molar-refractivity contribution in [2.45, 2.75) is 0 Å². The van der Waals surface area contributed by atoms with E-state index in [1.807, 2.05) is 22.6 Å². The number of pyridine rings is 1. The van der Waals surface area contributed by atoms with E-state index in [0.717, 1.165) is 8.09 Å². The molecule has 0 spiro atoms. The van der Waals surface area contributed by atoms with E-state index in [0.29, 0.717) is 5.65 Å². The van der Waals surface area contributed by atoms with Crippen molar-refractivity contribution in [1.29, 1.82) is 0 Å². The Bertz CT molecular complexity index is 438. The minimum absolute atomic E-state index is 0.0795. The van der Waals surface area contributed by atoms with Gasteiger partial charge in [-0.3, -0.25) is 0 Å². The third-order valence-corrected chi connectivity index (χ3v) is 2.00. The van der Waals surface area contributed by atoms with E-state index in [2.05, 4.69) is 10.1 Å². The Morgan fingerprint density at radius 3 is 3.00 bits per heavy atom. The van der Waals surface area contributed by atoms with Crippen LogP contribution in [0.15, 0.2) is 12.1 Å². The molecule has 0 fully saturated rings. The van der Waals surface area contributed by atoms with Crippen LogP contribution < -0.4 is 5.73 Å². The molecular weight excluding hydrogens is 274 g/mol. The van der Waals surface area contributed by atoms with Gasteiger partial charge >= 0.3 is 0 Å². The lowest BCUT2D eigenvalue weighted by molar-refractivity contribution is 0.544. The van der Waals surface area contributed by atoms with Crippen LogP contribution in [0.3, 0.4) is 0 Å². The predicted octanol–water partition coefficient (Wildman–Crippen LogP) is 1.06. The molecule has 2 aromatic rings. The maximum Gasteiger partial charge on any atom is 0.240 e. The SMILES string of the molecule is Nc1nc2cc(I)cc(F)n2n1. The highest BCUT2D eigenvalue weighted by atomic mass is 127. The highest BCUT2D eigenvalue weighted by Gasteiger charge is 2.05. The fourth-order valence-electron chi connectivity index (χ4n) is 0.931. The second-order valence-electron chi connectivity index (χ2n) is 2.24. The van der Waals surface area contributed by atoms with Crippen LogP contribution in [0.4, 0.5) is 10.3 Å². The van der Waals surface area contributed by atoms with E-state index in [1.165, 1.54) is 6.07 Å². The van der Waals surface area contributed by atoms with Gasteiger partial charge in [0.15, 0.2) is 5.65 Å². The van der Waals surface area contributed by atoms with Gasteiger partial charge in [-0.15, -0.1) is 5.10 Å². The van der Waals surface area contributed by atoms with Crippen LogP contribution in [0.2, 0.25) is 0 Å². The molecule has 0 atom stereocenters. The summed E-state index contributed by atoms with van der Waals surface area (Å²) < 4.78 is 14.9. The van der Waals surface area contributed by atoms with Crippen molar-refractivity contribution in [2.75, 3.05) is 5.73 Å². The summed E-state index contributed by atoms with van der Waals surface area (Å²) in [6.07, 6.45) is 0. The number of hydrogen-bond acceptors (Lipinski definition) is 3. The predicted molar refractivity (Wildman–Crippen MR) is 50.1 cm³/mol. The number of nitrogens with zero attached hydrogens (tertiary/aromatic N) is 3. The molecule has 0 aliphatic rings. The molecule has 0 amide bonds. The lowest BCUT2D eigenvalue weighted by Gasteiger charge is -1.93. The van der Waals surface area contributed by atoms with Gasteiger partial charge in [0.1, 0.15) is 0 Å². The van der Waals surface area contributed by atoms with Crippen LogP contribution in [-0.4, -0.2) is 14.6 Å². The molecule has 0 aliphatic carbocycles. The van der Waals surface area contributed by atoms with Crippen molar-refractivity contribution in [2.24, 2.45) is 0 Å². The molecule has 0 radical (unpaired) electrons. The first-order chi connectivity index (χ1) is 5.66. The van der Waals surface area contributed by atoms with E-state index < -0.39 is 5.95 Å². The van der Waals surface area contributed by atoms with Crippen LogP contribution in [0.25, 0.3) is 5.65 Å². The topological polar surface area (TPSA) is 56.2 Å². The summed E-state index contributed by atoms with van der Waals surface area (Å²) in [5.41, 5.74) is 5.73. The third-order valence-electron chi connectivity index (χ3n) is 1.37. The molecule has 0 unspecified atom stereocenters. The molecular formula is C6H4FIN4. The van der Waals surface area contributed by atoms with Crippen molar-refractivity contribution >= 4 is 34.2 Å². The van der Waals surface area contributed by atoms with Crippen LogP contribution >= 0.6 is 22.6 Å². The largest absolute Gasteiger partial charge is 0.366 e. The number of nitrogens with two attached hydrogens (primary N) is 1. The van der Waals surface area contributed by atoms with Gasteiger partial charge in [-0.05, 0) is 28.7 Å². The Balaban J connectivity index is 2.88. The summed E-state index contributed by atoms with van der Waals surface area (Å²) >= 11 is 2.00. The Kier molecular flexibility index (Phi) is 1.63. The summed E-state index contributed by atoms with van der Waals surface area (Å²) in [6, 6.07) is 3.06. The molecule has 0 bridgehead atoms. The molecule has 6 heteroatoms. The van der Waals surface area contributed by atoms with Crippen LogP contribution in [-0.2, 0) is 0 Å². The maximum absolute atomic E-state index is 13.1. The first kappa shape index (κ1) is 7.71. The molecule has 62 valence electrons. The molecule has 0 aliphatic heterocycles. The van der Waals surface area contributed by atoms with Crippen molar-refractivity contribution in [3.8, 4) is 0 Å². The molecule has 2 rings (SSSR count). The smallest absolute Gasteiger partial charge is 0.240 e. The molecule has 0 saturated heterocycles. The van der Waals surface area contributed by atoms with Crippen molar-refractivity contribution < 1.29 is 4.39 Å². The quantitative estimate of drug-likeness (QED) is 0.579. The van der Waals surface area contributed by atoms with E-state index in [-0.39, 0.29) is 5.95 Å². The molecule has 0 saturated carbocycles. The first-order valence-electron chi connectivity index (χ1n) is 3.14. The minimum atomic E-state index is -0.457. The van der Waals surface area contributed by atoms with E-state index in [4.69, 9.17) is 5.73 Å². The van der Waals surface area contributed by atoms with Crippen molar-refractivity contribution in [1.82, 2.24) is 14.6 Å². The number of fused-ring (bicyclic) bond motifs is 1. The standard InChI is InChI=1S/C6H4FIN4/c7-4-1-3(8)2-5-10-6(9)11-12(4)5/h1-2H,(H2,9,11). The van der Waals surface area contributed by atoms with E-state index in [9.17, 15) is 4.39 Å². The maximum atomic E-state index is 13.1. The molecule has 2 heterocycles. The Labute approximate surface area is 80.7 Å². The average molecular weight is 278 g/mol. The van der Waals surface area contributed by atoms with Gasteiger partial charge in [-0.1, -0.05) is 0 Å². The third kappa shape index (κ3) is 1.11. The number of nitrogen functional groups attached to an aromatic ring is 1. The zero-order valence-corrected chi connectivity index (χ0v) is 7.99. The molecule has 2 aromatic heterocycles. The van der Waals surface area contributed by atoms with E-state index >= 15 is 0 Å². The van der Waals surface area contributed by atoms with Crippen molar-refractivity contribution in [3.05, 3.63) is 21.7 Å². The van der Waals surface area contributed by atoms with Crippen LogP contribution in [0, 0.1) is 9.52 Å². The summed E-state index contributed by atoms with van der Waals surface area (Å²) in [5.74, 6) is -0.378. The molecule has 12 heavy (non-hydrogen) atoms. The lowest BCUT2D eigenvalue weighted by atomic mass is 10.5. The Morgan fingerprint density at radius 2 is 2.25 bits per heavy atom. The Hall–Kier alpha value is -0.920. The van der Waals surface area contributed by atoms with Gasteiger partial charge < -0.3 is 5.73 Å². The van der Waals surface area contributed by atoms with Gasteiger partial charge in [0.25, 0.3) is 0 Å². The molecule has 0 aromatic carbocycles. The number of halogens is 2. The van der Waals surface area contributed by atoms with Crippen LogP contribution in [0.5, 0.6) is 0 Å².